The van der Waals surface area contributed by atoms with Gasteiger partial charge in [-0.1, -0.05) is 23.9 Å². The summed E-state index contributed by atoms with van der Waals surface area (Å²) in [5.74, 6) is -0.302. The van der Waals surface area contributed by atoms with E-state index in [9.17, 15) is 18.0 Å². The molecule has 0 aliphatic carbocycles. The molecule has 3 rings (SSSR count). The molecule has 1 saturated heterocycles. The van der Waals surface area contributed by atoms with Gasteiger partial charge in [0.1, 0.15) is 0 Å². The zero-order valence-corrected chi connectivity index (χ0v) is 15.7. The standard InChI is InChI=1S/C19H20F3N3OS/c1-27-18-23-9-13(10-24-18)11-25-8-2-3-15(12-25)17(26)14-4-6-16(7-5-14)19(20,21)22/h4-7,9-10,15H,2-3,8,11-12H2,1H3. The van der Waals surface area contributed by atoms with Crippen molar-refractivity contribution in [1.29, 1.82) is 0 Å². The van der Waals surface area contributed by atoms with E-state index in [1.165, 1.54) is 23.9 Å². The topological polar surface area (TPSA) is 46.1 Å². The first-order chi connectivity index (χ1) is 12.9. The van der Waals surface area contributed by atoms with Crippen molar-refractivity contribution in [2.75, 3.05) is 19.3 Å². The monoisotopic (exact) mass is 395 g/mol. The Balaban J connectivity index is 1.63. The van der Waals surface area contributed by atoms with Crippen molar-refractivity contribution in [2.45, 2.75) is 30.7 Å². The van der Waals surface area contributed by atoms with Crippen LogP contribution in [0.15, 0.2) is 41.8 Å². The van der Waals surface area contributed by atoms with Crippen LogP contribution in [0.5, 0.6) is 0 Å². The second kappa shape index (κ2) is 8.39. The molecule has 1 aliphatic heterocycles. The van der Waals surface area contributed by atoms with Crippen LogP contribution in [0.1, 0.15) is 34.3 Å². The predicted octanol–water partition coefficient (Wildman–Crippen LogP) is 4.31. The van der Waals surface area contributed by atoms with Crippen LogP contribution in [0.3, 0.4) is 0 Å². The van der Waals surface area contributed by atoms with Crippen LogP contribution in [0.4, 0.5) is 13.2 Å². The normalized spacial score (nSPS) is 18.4. The Kier molecular flexibility index (Phi) is 6.16. The lowest BCUT2D eigenvalue weighted by molar-refractivity contribution is -0.137. The Labute approximate surface area is 160 Å². The summed E-state index contributed by atoms with van der Waals surface area (Å²) in [5, 5.41) is 0.716. The van der Waals surface area contributed by atoms with Gasteiger partial charge >= 0.3 is 6.18 Å². The minimum atomic E-state index is -4.39. The number of alkyl halides is 3. The van der Waals surface area contributed by atoms with Crippen molar-refractivity contribution in [2.24, 2.45) is 5.92 Å². The quantitative estimate of drug-likeness (QED) is 0.429. The molecule has 0 saturated carbocycles. The van der Waals surface area contributed by atoms with Crippen molar-refractivity contribution in [3.05, 3.63) is 53.3 Å². The summed E-state index contributed by atoms with van der Waals surface area (Å²) in [6, 6.07) is 4.50. The number of hydrogen-bond donors (Lipinski definition) is 0. The average molecular weight is 395 g/mol. The van der Waals surface area contributed by atoms with Gasteiger partial charge in [-0.25, -0.2) is 9.97 Å². The highest BCUT2D eigenvalue weighted by Crippen LogP contribution is 2.30. The van der Waals surface area contributed by atoms with E-state index in [1.54, 1.807) is 12.4 Å². The first-order valence-corrected chi connectivity index (χ1v) is 9.88. The molecule has 1 aromatic carbocycles. The van der Waals surface area contributed by atoms with Crippen LogP contribution < -0.4 is 0 Å². The Morgan fingerprint density at radius 2 is 1.89 bits per heavy atom. The van der Waals surface area contributed by atoms with Crippen LogP contribution in [0.2, 0.25) is 0 Å². The summed E-state index contributed by atoms with van der Waals surface area (Å²) < 4.78 is 38.0. The van der Waals surface area contributed by atoms with E-state index in [0.717, 1.165) is 37.1 Å². The first-order valence-electron chi connectivity index (χ1n) is 8.65. The molecule has 8 heteroatoms. The second-order valence-corrected chi connectivity index (χ2v) is 7.37. The zero-order chi connectivity index (χ0) is 19.4. The molecule has 2 heterocycles. The third-order valence-corrected chi connectivity index (χ3v) is 5.22. The first kappa shape index (κ1) is 19.8. The average Bonchev–Trinajstić information content (AvgIpc) is 2.68. The second-order valence-electron chi connectivity index (χ2n) is 6.59. The minimum Gasteiger partial charge on any atom is -0.298 e. The minimum absolute atomic E-state index is 0.0950. The number of piperidine rings is 1. The number of thioether (sulfide) groups is 1. The van der Waals surface area contributed by atoms with Gasteiger partial charge in [-0.05, 0) is 37.8 Å². The van der Waals surface area contributed by atoms with Gasteiger partial charge in [-0.15, -0.1) is 0 Å². The summed E-state index contributed by atoms with van der Waals surface area (Å²) in [7, 11) is 0. The molecule has 0 bridgehead atoms. The number of carbonyl (C=O) groups is 1. The molecule has 1 unspecified atom stereocenters. The van der Waals surface area contributed by atoms with E-state index in [2.05, 4.69) is 14.9 Å². The van der Waals surface area contributed by atoms with Crippen molar-refractivity contribution in [3.8, 4) is 0 Å². The maximum Gasteiger partial charge on any atom is 0.416 e. The predicted molar refractivity (Wildman–Crippen MR) is 97.6 cm³/mol. The molecule has 0 N–H and O–H groups in total. The van der Waals surface area contributed by atoms with Crippen LogP contribution in [-0.4, -0.2) is 40.0 Å². The van der Waals surface area contributed by atoms with Gasteiger partial charge < -0.3 is 0 Å². The van der Waals surface area contributed by atoms with E-state index in [0.29, 0.717) is 23.8 Å². The fourth-order valence-corrected chi connectivity index (χ4v) is 3.58. The molecule has 1 aliphatic rings. The zero-order valence-electron chi connectivity index (χ0n) is 14.9. The lowest BCUT2D eigenvalue weighted by Crippen LogP contribution is -2.38. The molecular weight excluding hydrogens is 375 g/mol. The fourth-order valence-electron chi connectivity index (χ4n) is 3.26. The third kappa shape index (κ3) is 5.07. The summed E-state index contributed by atoms with van der Waals surface area (Å²) in [6.45, 7) is 2.12. The van der Waals surface area contributed by atoms with Crippen LogP contribution in [0, 0.1) is 5.92 Å². The maximum absolute atomic E-state index is 12.7. The number of benzene rings is 1. The highest BCUT2D eigenvalue weighted by atomic mass is 32.2. The van der Waals surface area contributed by atoms with E-state index in [4.69, 9.17) is 0 Å². The molecule has 4 nitrogen and oxygen atoms in total. The molecule has 1 aromatic heterocycles. The number of Topliss-reactive ketones (excluding diaryl/α,β-unsaturated/α-hetero) is 1. The van der Waals surface area contributed by atoms with Crippen LogP contribution >= 0.6 is 11.8 Å². The lowest BCUT2D eigenvalue weighted by atomic mass is 9.89. The molecule has 0 spiro atoms. The highest BCUT2D eigenvalue weighted by Gasteiger charge is 2.31. The number of aromatic nitrogens is 2. The van der Waals surface area contributed by atoms with Crippen molar-refractivity contribution < 1.29 is 18.0 Å². The molecule has 1 atom stereocenters. The molecular formula is C19H20F3N3OS. The highest BCUT2D eigenvalue weighted by molar-refractivity contribution is 7.98. The summed E-state index contributed by atoms with van der Waals surface area (Å²) in [6.07, 6.45) is 2.73. The van der Waals surface area contributed by atoms with Gasteiger partial charge in [0.05, 0.1) is 5.56 Å². The molecule has 27 heavy (non-hydrogen) atoms. The van der Waals surface area contributed by atoms with Gasteiger partial charge in [-0.3, -0.25) is 9.69 Å². The number of carbonyl (C=O) groups excluding carboxylic acids is 1. The number of hydrogen-bond acceptors (Lipinski definition) is 5. The Morgan fingerprint density at radius 1 is 1.22 bits per heavy atom. The molecule has 2 aromatic rings. The van der Waals surface area contributed by atoms with Crippen molar-refractivity contribution >= 4 is 17.5 Å². The van der Waals surface area contributed by atoms with Gasteiger partial charge in [0.25, 0.3) is 0 Å². The van der Waals surface area contributed by atoms with Gasteiger partial charge in [0, 0.05) is 42.5 Å². The number of likely N-dealkylation sites (tertiary alicyclic amines) is 1. The number of rotatable bonds is 5. The number of nitrogens with zero attached hydrogens (tertiary/aromatic N) is 3. The third-order valence-electron chi connectivity index (χ3n) is 4.64. The van der Waals surface area contributed by atoms with Gasteiger partial charge in [0.15, 0.2) is 10.9 Å². The van der Waals surface area contributed by atoms with Crippen LogP contribution in [0.25, 0.3) is 0 Å². The van der Waals surface area contributed by atoms with Crippen molar-refractivity contribution in [3.63, 3.8) is 0 Å². The number of halogens is 3. The maximum atomic E-state index is 12.7. The Bertz CT molecular complexity index is 778. The van der Waals surface area contributed by atoms with E-state index >= 15 is 0 Å². The summed E-state index contributed by atoms with van der Waals surface area (Å²) in [4.78, 5) is 23.4. The van der Waals surface area contributed by atoms with E-state index in [1.807, 2.05) is 6.26 Å². The van der Waals surface area contributed by atoms with Crippen LogP contribution in [-0.2, 0) is 12.7 Å². The fraction of sp³-hybridized carbons (Fsp3) is 0.421. The summed E-state index contributed by atoms with van der Waals surface area (Å²) >= 11 is 1.48. The molecule has 144 valence electrons. The lowest BCUT2D eigenvalue weighted by Gasteiger charge is -2.31. The Hall–Kier alpha value is -1.93. The molecule has 0 radical (unpaired) electrons. The van der Waals surface area contributed by atoms with E-state index < -0.39 is 11.7 Å². The summed E-state index contributed by atoms with van der Waals surface area (Å²) in [5.41, 5.74) is 0.580. The van der Waals surface area contributed by atoms with Crippen molar-refractivity contribution in [1.82, 2.24) is 14.9 Å². The van der Waals surface area contributed by atoms with Gasteiger partial charge in [0.2, 0.25) is 0 Å². The number of ketones is 1. The Morgan fingerprint density at radius 3 is 2.48 bits per heavy atom. The van der Waals surface area contributed by atoms with E-state index in [-0.39, 0.29) is 11.7 Å². The molecule has 0 amide bonds. The smallest absolute Gasteiger partial charge is 0.298 e. The van der Waals surface area contributed by atoms with Gasteiger partial charge in [-0.2, -0.15) is 13.2 Å². The largest absolute Gasteiger partial charge is 0.416 e. The SMILES string of the molecule is CSc1ncc(CN2CCCC(C(=O)c3ccc(C(F)(F)F)cc3)C2)cn1. The molecule has 1 fully saturated rings.